The van der Waals surface area contributed by atoms with E-state index >= 15 is 0 Å². The molecule has 6 nitrogen and oxygen atoms in total. The first-order valence-electron chi connectivity index (χ1n) is 33.6. The van der Waals surface area contributed by atoms with Crippen molar-refractivity contribution in [3.8, 4) is 0 Å². The monoisotopic (exact) mass is 1090 g/mol. The standard InChI is InChI=1S/C72H126O6/c1-4-7-10-13-16-19-22-24-26-28-30-32-34-35-36-37-39-40-42-44-46-48-50-53-56-59-62-65-71(74)77-68-69(67-76-70(73)64-61-58-55-52-21-18-15-12-9-6-3)78-72(75)66-63-60-57-54-51-49-47-45-43-41-38-33-31-29-27-25-23-20-17-14-11-8-5-2/h12,15,22-25,28-31,34-35,38,41,69H,4-11,13-14,16-21,26-27,32-33,36-37,39-40,42-68H2,1-3H3/b15-12-,24-22-,25-23-,30-28-,31-29-,35-34-,41-38-. The van der Waals surface area contributed by atoms with Gasteiger partial charge in [-0.25, -0.2) is 0 Å². The lowest BCUT2D eigenvalue weighted by molar-refractivity contribution is -0.167. The fourth-order valence-corrected chi connectivity index (χ4v) is 9.52. The maximum Gasteiger partial charge on any atom is 0.306 e. The summed E-state index contributed by atoms with van der Waals surface area (Å²) in [5.41, 5.74) is 0. The highest BCUT2D eigenvalue weighted by Gasteiger charge is 2.19. The highest BCUT2D eigenvalue weighted by atomic mass is 16.6. The van der Waals surface area contributed by atoms with Gasteiger partial charge < -0.3 is 14.2 Å². The second-order valence-corrected chi connectivity index (χ2v) is 22.4. The molecular formula is C72H126O6. The summed E-state index contributed by atoms with van der Waals surface area (Å²) >= 11 is 0. The highest BCUT2D eigenvalue weighted by Crippen LogP contribution is 2.16. The quantitative estimate of drug-likeness (QED) is 0.0261. The molecule has 0 fully saturated rings. The number of hydrogen-bond donors (Lipinski definition) is 0. The smallest absolute Gasteiger partial charge is 0.306 e. The van der Waals surface area contributed by atoms with Gasteiger partial charge in [0, 0.05) is 19.3 Å². The van der Waals surface area contributed by atoms with E-state index in [-0.39, 0.29) is 31.1 Å². The van der Waals surface area contributed by atoms with Crippen molar-refractivity contribution in [1.29, 1.82) is 0 Å². The van der Waals surface area contributed by atoms with Crippen LogP contribution in [0.3, 0.4) is 0 Å². The number of allylic oxidation sites excluding steroid dienone is 14. The molecule has 78 heavy (non-hydrogen) atoms. The summed E-state index contributed by atoms with van der Waals surface area (Å²) in [7, 11) is 0. The normalized spacial score (nSPS) is 12.6. The Morgan fingerprint density at radius 3 is 0.782 bits per heavy atom. The molecular weight excluding hydrogens is 961 g/mol. The van der Waals surface area contributed by atoms with Crippen molar-refractivity contribution in [2.75, 3.05) is 13.2 Å². The molecule has 0 saturated heterocycles. The number of esters is 3. The molecule has 0 aromatic heterocycles. The second-order valence-electron chi connectivity index (χ2n) is 22.4. The Balaban J connectivity index is 4.23. The van der Waals surface area contributed by atoms with Crippen LogP contribution in [0.5, 0.6) is 0 Å². The fourth-order valence-electron chi connectivity index (χ4n) is 9.52. The van der Waals surface area contributed by atoms with E-state index in [1.807, 2.05) is 0 Å². The Morgan fingerprint density at radius 2 is 0.487 bits per heavy atom. The van der Waals surface area contributed by atoms with Crippen molar-refractivity contribution < 1.29 is 28.6 Å². The average molecular weight is 1090 g/mol. The Bertz CT molecular complexity index is 1480. The minimum Gasteiger partial charge on any atom is -0.462 e. The molecule has 1 unspecified atom stereocenters. The first-order valence-corrected chi connectivity index (χ1v) is 33.6. The van der Waals surface area contributed by atoms with Gasteiger partial charge in [-0.2, -0.15) is 0 Å². The van der Waals surface area contributed by atoms with Gasteiger partial charge in [0.2, 0.25) is 0 Å². The third-order valence-electron chi connectivity index (χ3n) is 14.6. The molecule has 0 aromatic rings. The van der Waals surface area contributed by atoms with Gasteiger partial charge in [0.15, 0.2) is 6.10 Å². The van der Waals surface area contributed by atoms with Crippen LogP contribution < -0.4 is 0 Å². The Kier molecular flexibility index (Phi) is 63.2. The largest absolute Gasteiger partial charge is 0.462 e. The topological polar surface area (TPSA) is 78.9 Å². The molecule has 0 spiro atoms. The maximum atomic E-state index is 12.9. The van der Waals surface area contributed by atoms with Crippen LogP contribution in [0.1, 0.15) is 335 Å². The first kappa shape index (κ1) is 74.6. The van der Waals surface area contributed by atoms with Crippen LogP contribution in [-0.2, 0) is 28.6 Å². The van der Waals surface area contributed by atoms with Gasteiger partial charge in [-0.05, 0) is 116 Å². The summed E-state index contributed by atoms with van der Waals surface area (Å²) < 4.78 is 16.9. The van der Waals surface area contributed by atoms with Crippen molar-refractivity contribution >= 4 is 17.9 Å². The van der Waals surface area contributed by atoms with Gasteiger partial charge >= 0.3 is 17.9 Å². The van der Waals surface area contributed by atoms with Crippen molar-refractivity contribution in [2.45, 2.75) is 341 Å². The van der Waals surface area contributed by atoms with Crippen LogP contribution in [-0.4, -0.2) is 37.2 Å². The van der Waals surface area contributed by atoms with Crippen LogP contribution in [0.2, 0.25) is 0 Å². The van der Waals surface area contributed by atoms with E-state index in [1.165, 1.54) is 193 Å². The van der Waals surface area contributed by atoms with Crippen LogP contribution in [0.25, 0.3) is 0 Å². The van der Waals surface area contributed by atoms with Crippen molar-refractivity contribution in [2.24, 2.45) is 0 Å². The van der Waals surface area contributed by atoms with Crippen LogP contribution in [0.4, 0.5) is 0 Å². The minimum absolute atomic E-state index is 0.0820. The number of carbonyl (C=O) groups is 3. The van der Waals surface area contributed by atoms with Crippen molar-refractivity contribution in [3.63, 3.8) is 0 Å². The van der Waals surface area contributed by atoms with Gasteiger partial charge in [0.1, 0.15) is 13.2 Å². The molecule has 0 aromatic carbocycles. The van der Waals surface area contributed by atoms with Gasteiger partial charge in [-0.3, -0.25) is 14.4 Å². The van der Waals surface area contributed by atoms with E-state index in [0.29, 0.717) is 19.3 Å². The van der Waals surface area contributed by atoms with E-state index in [1.54, 1.807) is 0 Å². The Morgan fingerprint density at radius 1 is 0.256 bits per heavy atom. The molecule has 450 valence electrons. The average Bonchev–Trinajstić information content (AvgIpc) is 3.44. The summed E-state index contributed by atoms with van der Waals surface area (Å²) in [4.78, 5) is 38.3. The van der Waals surface area contributed by atoms with Crippen molar-refractivity contribution in [3.05, 3.63) is 85.1 Å². The zero-order chi connectivity index (χ0) is 56.4. The minimum atomic E-state index is -0.786. The van der Waals surface area contributed by atoms with E-state index in [9.17, 15) is 14.4 Å². The fraction of sp³-hybridized carbons (Fsp3) is 0.764. The first-order chi connectivity index (χ1) is 38.5. The molecule has 6 heteroatoms. The lowest BCUT2D eigenvalue weighted by Gasteiger charge is -2.18. The number of ether oxygens (including phenoxy) is 3. The second kappa shape index (κ2) is 66.1. The maximum absolute atomic E-state index is 12.9. The Hall–Kier alpha value is -3.41. The molecule has 0 N–H and O–H groups in total. The predicted octanol–water partition coefficient (Wildman–Crippen LogP) is 23.1. The van der Waals surface area contributed by atoms with Gasteiger partial charge in [0.05, 0.1) is 0 Å². The third kappa shape index (κ3) is 63.4. The van der Waals surface area contributed by atoms with E-state index < -0.39 is 6.10 Å². The van der Waals surface area contributed by atoms with Crippen molar-refractivity contribution in [1.82, 2.24) is 0 Å². The lowest BCUT2D eigenvalue weighted by atomic mass is 10.0. The van der Waals surface area contributed by atoms with E-state index in [2.05, 4.69) is 106 Å². The van der Waals surface area contributed by atoms with E-state index in [4.69, 9.17) is 14.2 Å². The zero-order valence-electron chi connectivity index (χ0n) is 51.7. The van der Waals surface area contributed by atoms with Gasteiger partial charge in [-0.1, -0.05) is 286 Å². The highest BCUT2D eigenvalue weighted by molar-refractivity contribution is 5.71. The molecule has 0 bridgehead atoms. The van der Waals surface area contributed by atoms with E-state index in [0.717, 1.165) is 103 Å². The number of hydrogen-bond acceptors (Lipinski definition) is 6. The molecule has 1 atom stereocenters. The summed E-state index contributed by atoms with van der Waals surface area (Å²) in [6, 6.07) is 0. The summed E-state index contributed by atoms with van der Waals surface area (Å²) in [5, 5.41) is 0. The zero-order valence-corrected chi connectivity index (χ0v) is 51.7. The van der Waals surface area contributed by atoms with Crippen LogP contribution >= 0.6 is 0 Å². The number of rotatable bonds is 61. The van der Waals surface area contributed by atoms with Gasteiger partial charge in [-0.15, -0.1) is 0 Å². The molecule has 0 aliphatic rings. The molecule has 0 heterocycles. The summed E-state index contributed by atoms with van der Waals surface area (Å²) in [6.45, 7) is 6.57. The summed E-state index contributed by atoms with van der Waals surface area (Å²) in [5.74, 6) is -0.890. The Labute approximate surface area is 484 Å². The molecule has 0 aliphatic carbocycles. The molecule has 0 rings (SSSR count). The lowest BCUT2D eigenvalue weighted by Crippen LogP contribution is -2.30. The predicted molar refractivity (Wildman–Crippen MR) is 339 cm³/mol. The molecule has 0 radical (unpaired) electrons. The SMILES string of the molecule is CCC/C=C\CCCCCCCC(=O)OCC(COC(=O)CCCCCCCCCCCCCC/C=C\C/C=C\C/C=C\CCCCCCC)OC(=O)CCCCCCCCCC/C=C\C/C=C\C/C=C\CCCCCCC. The van der Waals surface area contributed by atoms with Crippen LogP contribution in [0, 0.1) is 0 Å². The van der Waals surface area contributed by atoms with Crippen LogP contribution in [0.15, 0.2) is 85.1 Å². The third-order valence-corrected chi connectivity index (χ3v) is 14.6. The number of unbranched alkanes of at least 4 members (excludes halogenated alkanes) is 36. The number of carbonyl (C=O) groups excluding carboxylic acids is 3. The summed E-state index contributed by atoms with van der Waals surface area (Å²) in [6.07, 6.45) is 87.5. The molecule has 0 amide bonds. The van der Waals surface area contributed by atoms with Gasteiger partial charge in [0.25, 0.3) is 0 Å². The molecule has 0 saturated carbocycles. The molecule has 0 aliphatic heterocycles.